The van der Waals surface area contributed by atoms with Crippen molar-refractivity contribution in [2.45, 2.75) is 78.8 Å². The lowest BCUT2D eigenvalue weighted by atomic mass is 9.87. The van der Waals surface area contributed by atoms with Gasteiger partial charge in [-0.1, -0.05) is 20.8 Å². The lowest BCUT2D eigenvalue weighted by Crippen LogP contribution is -2.52. The maximum Gasteiger partial charge on any atom is 0.306 e. The van der Waals surface area contributed by atoms with Crippen LogP contribution in [-0.2, 0) is 14.3 Å². The van der Waals surface area contributed by atoms with E-state index in [0.717, 1.165) is 17.0 Å². The largest absolute Gasteiger partial charge is 0.483 e. The van der Waals surface area contributed by atoms with Gasteiger partial charge >= 0.3 is 5.97 Å². The monoisotopic (exact) mass is 363 g/mol. The number of hydrogen-bond acceptors (Lipinski definition) is 5. The van der Waals surface area contributed by atoms with Gasteiger partial charge in [0, 0.05) is 18.3 Å². The Morgan fingerprint density at radius 1 is 1.31 bits per heavy atom. The van der Waals surface area contributed by atoms with Gasteiger partial charge < -0.3 is 19.5 Å². The number of nitrogens with one attached hydrogen (secondary N) is 1. The molecule has 0 aliphatic carbocycles. The van der Waals surface area contributed by atoms with Gasteiger partial charge in [0.05, 0.1) is 12.5 Å². The molecule has 0 aromatic heterocycles. The summed E-state index contributed by atoms with van der Waals surface area (Å²) in [5.41, 5.74) is 1.03. The standard InChI is InChI=1S/C21H33NO4/c1-13(2)24-18-15-11-14(22-8)9-10-16(15)26-21(6,7)19(18)25-17(23)12-20(3,4)5/h9-11,13,18-19,22H,12H2,1-8H3. The van der Waals surface area contributed by atoms with Crippen molar-refractivity contribution in [2.24, 2.45) is 5.41 Å². The van der Waals surface area contributed by atoms with Crippen LogP contribution in [0, 0.1) is 5.41 Å². The Morgan fingerprint density at radius 2 is 1.96 bits per heavy atom. The number of rotatable bonds is 5. The highest BCUT2D eigenvalue weighted by Gasteiger charge is 2.48. The minimum atomic E-state index is -0.693. The summed E-state index contributed by atoms with van der Waals surface area (Å²) in [6.45, 7) is 13.9. The van der Waals surface area contributed by atoms with Crippen molar-refractivity contribution < 1.29 is 19.0 Å². The number of carbonyl (C=O) groups excluding carboxylic acids is 1. The van der Waals surface area contributed by atoms with E-state index < -0.39 is 11.7 Å². The van der Waals surface area contributed by atoms with Gasteiger partial charge in [-0.2, -0.15) is 0 Å². The van der Waals surface area contributed by atoms with Crippen LogP contribution in [-0.4, -0.2) is 30.8 Å². The molecule has 1 aliphatic rings. The first-order valence-electron chi connectivity index (χ1n) is 9.28. The maximum absolute atomic E-state index is 12.5. The minimum absolute atomic E-state index is 0.0104. The summed E-state index contributed by atoms with van der Waals surface area (Å²) in [6, 6.07) is 5.91. The molecular weight excluding hydrogens is 330 g/mol. The predicted molar refractivity (Wildman–Crippen MR) is 104 cm³/mol. The first-order valence-corrected chi connectivity index (χ1v) is 9.28. The average molecular weight is 363 g/mol. The summed E-state index contributed by atoms with van der Waals surface area (Å²) in [5, 5.41) is 3.14. The van der Waals surface area contributed by atoms with Crippen molar-refractivity contribution in [3.05, 3.63) is 23.8 Å². The van der Waals surface area contributed by atoms with Crippen molar-refractivity contribution in [2.75, 3.05) is 12.4 Å². The minimum Gasteiger partial charge on any atom is -0.483 e. The fraction of sp³-hybridized carbons (Fsp3) is 0.667. The van der Waals surface area contributed by atoms with Gasteiger partial charge in [0.15, 0.2) is 6.10 Å². The molecular formula is C21H33NO4. The molecule has 0 fully saturated rings. The zero-order chi connectivity index (χ0) is 19.7. The van der Waals surface area contributed by atoms with Crippen molar-refractivity contribution in [1.82, 2.24) is 0 Å². The second-order valence-corrected chi connectivity index (χ2v) is 8.96. The molecule has 1 N–H and O–H groups in total. The van der Waals surface area contributed by atoms with E-state index in [1.54, 1.807) is 0 Å². The molecule has 2 rings (SSSR count). The van der Waals surface area contributed by atoms with E-state index in [1.165, 1.54) is 0 Å². The van der Waals surface area contributed by atoms with Crippen LogP contribution in [0.1, 0.15) is 66.6 Å². The quantitative estimate of drug-likeness (QED) is 0.768. The molecule has 0 amide bonds. The third kappa shape index (κ3) is 4.91. The lowest BCUT2D eigenvalue weighted by Gasteiger charge is -2.44. The molecule has 5 nitrogen and oxygen atoms in total. The van der Waals surface area contributed by atoms with Gasteiger partial charge in [-0.15, -0.1) is 0 Å². The van der Waals surface area contributed by atoms with Gasteiger partial charge in [-0.3, -0.25) is 4.79 Å². The van der Waals surface area contributed by atoms with Gasteiger partial charge in [0.2, 0.25) is 0 Å². The summed E-state index contributed by atoms with van der Waals surface area (Å²) in [4.78, 5) is 12.5. The molecule has 1 aliphatic heterocycles. The Kier molecular flexibility index (Phi) is 5.91. The van der Waals surface area contributed by atoms with E-state index in [2.05, 4.69) is 5.32 Å². The van der Waals surface area contributed by atoms with Crippen molar-refractivity contribution in [3.8, 4) is 5.75 Å². The summed E-state index contributed by atoms with van der Waals surface area (Å²) in [6.07, 6.45) is -0.577. The SMILES string of the molecule is CNc1ccc2c(c1)C(OC(C)C)C(OC(=O)CC(C)(C)C)C(C)(C)O2. The number of carbonyl (C=O) groups is 1. The molecule has 0 bridgehead atoms. The Labute approximate surface area is 157 Å². The van der Waals surface area contributed by atoms with Crippen LogP contribution in [0.5, 0.6) is 5.75 Å². The number of ether oxygens (including phenoxy) is 3. The topological polar surface area (TPSA) is 56.8 Å². The number of benzene rings is 1. The number of esters is 1. The van der Waals surface area contributed by atoms with Crippen molar-refractivity contribution >= 4 is 11.7 Å². The molecule has 5 heteroatoms. The van der Waals surface area contributed by atoms with Crippen molar-refractivity contribution in [1.29, 1.82) is 0 Å². The molecule has 0 radical (unpaired) electrons. The van der Waals surface area contributed by atoms with Gasteiger partial charge in [-0.25, -0.2) is 0 Å². The maximum atomic E-state index is 12.5. The molecule has 0 saturated heterocycles. The van der Waals surface area contributed by atoms with Gasteiger partial charge in [-0.05, 0) is 51.3 Å². The van der Waals surface area contributed by atoms with Crippen LogP contribution in [0.25, 0.3) is 0 Å². The van der Waals surface area contributed by atoms with Crippen LogP contribution in [0.15, 0.2) is 18.2 Å². The fourth-order valence-electron chi connectivity index (χ4n) is 3.15. The zero-order valence-electron chi connectivity index (χ0n) is 17.3. The van der Waals surface area contributed by atoms with Gasteiger partial charge in [0.25, 0.3) is 0 Å². The molecule has 2 unspecified atom stereocenters. The first kappa shape index (κ1) is 20.6. The molecule has 0 saturated carbocycles. The highest BCUT2D eigenvalue weighted by Crippen LogP contribution is 2.45. The van der Waals surface area contributed by atoms with Crippen LogP contribution in [0.2, 0.25) is 0 Å². The zero-order valence-corrected chi connectivity index (χ0v) is 17.3. The summed E-state index contributed by atoms with van der Waals surface area (Å²) < 4.78 is 18.3. The Bertz CT molecular complexity index is 646. The average Bonchev–Trinajstić information content (AvgIpc) is 2.48. The smallest absolute Gasteiger partial charge is 0.306 e. The van der Waals surface area contributed by atoms with Crippen LogP contribution in [0.4, 0.5) is 5.69 Å². The summed E-state index contributed by atoms with van der Waals surface area (Å²) in [5.74, 6) is 0.535. The third-order valence-electron chi connectivity index (χ3n) is 4.29. The molecule has 0 spiro atoms. The Morgan fingerprint density at radius 3 is 2.50 bits per heavy atom. The second kappa shape index (κ2) is 7.47. The molecule has 146 valence electrons. The van der Waals surface area contributed by atoms with Crippen LogP contribution < -0.4 is 10.1 Å². The predicted octanol–water partition coefficient (Wildman–Crippen LogP) is 4.71. The molecule has 1 heterocycles. The van der Waals surface area contributed by atoms with E-state index in [4.69, 9.17) is 14.2 Å². The second-order valence-electron chi connectivity index (χ2n) is 8.96. The lowest BCUT2D eigenvalue weighted by molar-refractivity contribution is -0.190. The van der Waals surface area contributed by atoms with Crippen LogP contribution in [0.3, 0.4) is 0 Å². The normalized spacial score (nSPS) is 21.7. The van der Waals surface area contributed by atoms with Crippen molar-refractivity contribution in [3.63, 3.8) is 0 Å². The van der Waals surface area contributed by atoms with Gasteiger partial charge in [0.1, 0.15) is 17.5 Å². The highest BCUT2D eigenvalue weighted by molar-refractivity contribution is 5.70. The first-order chi connectivity index (χ1) is 11.9. The summed E-state index contributed by atoms with van der Waals surface area (Å²) in [7, 11) is 1.87. The Hall–Kier alpha value is -1.75. The van der Waals surface area contributed by atoms with E-state index in [9.17, 15) is 4.79 Å². The molecule has 1 aromatic rings. The number of fused-ring (bicyclic) bond motifs is 1. The molecule has 26 heavy (non-hydrogen) atoms. The van der Waals surface area contributed by atoms with E-state index >= 15 is 0 Å². The van der Waals surface area contributed by atoms with E-state index in [0.29, 0.717) is 6.42 Å². The highest BCUT2D eigenvalue weighted by atomic mass is 16.6. The number of hydrogen-bond donors (Lipinski definition) is 1. The third-order valence-corrected chi connectivity index (χ3v) is 4.29. The fourth-order valence-corrected chi connectivity index (χ4v) is 3.15. The Balaban J connectivity index is 2.40. The van der Waals surface area contributed by atoms with Crippen LogP contribution >= 0.6 is 0 Å². The van der Waals surface area contributed by atoms with E-state index in [-0.39, 0.29) is 23.6 Å². The molecule has 1 aromatic carbocycles. The van der Waals surface area contributed by atoms with E-state index in [1.807, 2.05) is 73.7 Å². The summed E-state index contributed by atoms with van der Waals surface area (Å²) >= 11 is 0. The number of anilines is 1. The molecule has 2 atom stereocenters.